The van der Waals surface area contributed by atoms with Crippen molar-refractivity contribution >= 4 is 49.8 Å². The van der Waals surface area contributed by atoms with Gasteiger partial charge < -0.3 is 10.1 Å². The number of aromatic nitrogens is 1. The maximum absolute atomic E-state index is 13.2. The van der Waals surface area contributed by atoms with E-state index in [4.69, 9.17) is 4.74 Å². The smallest absolute Gasteiger partial charge is 0.339 e. The monoisotopic (exact) mass is 549 g/mol. The summed E-state index contributed by atoms with van der Waals surface area (Å²) < 4.78 is 33.2. The Bertz CT molecular complexity index is 1590. The molecule has 1 amide bonds. The predicted octanol–water partition coefficient (Wildman–Crippen LogP) is 5.24. The Morgan fingerprint density at radius 1 is 1.03 bits per heavy atom. The molecule has 0 bridgehead atoms. The van der Waals surface area contributed by atoms with Crippen LogP contribution in [-0.2, 0) is 19.6 Å². The van der Waals surface area contributed by atoms with Gasteiger partial charge in [-0.1, -0.05) is 36.8 Å². The van der Waals surface area contributed by atoms with Crippen LogP contribution in [-0.4, -0.2) is 49.3 Å². The van der Waals surface area contributed by atoms with Gasteiger partial charge in [-0.3, -0.25) is 4.79 Å². The van der Waals surface area contributed by atoms with Crippen LogP contribution in [0, 0.1) is 6.92 Å². The molecular formula is C28H27N3O5S2. The minimum Gasteiger partial charge on any atom is -0.452 e. The number of rotatable bonds is 7. The molecule has 1 fully saturated rings. The Balaban J connectivity index is 1.30. The van der Waals surface area contributed by atoms with Crippen molar-refractivity contribution in [3.8, 4) is 10.6 Å². The van der Waals surface area contributed by atoms with Gasteiger partial charge in [-0.2, -0.15) is 4.31 Å². The highest BCUT2D eigenvalue weighted by Crippen LogP contribution is 2.29. The molecule has 5 rings (SSSR count). The Morgan fingerprint density at radius 2 is 1.82 bits per heavy atom. The van der Waals surface area contributed by atoms with Crippen molar-refractivity contribution in [2.75, 3.05) is 25.0 Å². The number of nitrogens with zero attached hydrogens (tertiary/aromatic N) is 2. The number of carbonyl (C=O) groups is 2. The van der Waals surface area contributed by atoms with Crippen molar-refractivity contribution < 1.29 is 22.7 Å². The topological polar surface area (TPSA) is 106 Å². The summed E-state index contributed by atoms with van der Waals surface area (Å²) in [4.78, 5) is 31.4. The largest absolute Gasteiger partial charge is 0.452 e. The summed E-state index contributed by atoms with van der Waals surface area (Å²) in [5.74, 6) is -1.21. The minimum atomic E-state index is -3.66. The summed E-state index contributed by atoms with van der Waals surface area (Å²) in [7, 11) is -3.66. The molecule has 1 aliphatic heterocycles. The second-order valence-electron chi connectivity index (χ2n) is 9.12. The third kappa shape index (κ3) is 5.47. The van der Waals surface area contributed by atoms with Crippen molar-refractivity contribution in [2.45, 2.75) is 31.1 Å². The summed E-state index contributed by atoms with van der Waals surface area (Å²) in [6, 6.07) is 17.5. The first-order valence-electron chi connectivity index (χ1n) is 12.3. The lowest BCUT2D eigenvalue weighted by atomic mass is 10.1. The van der Waals surface area contributed by atoms with E-state index in [2.05, 4.69) is 10.3 Å². The molecule has 2 aromatic heterocycles. The first-order chi connectivity index (χ1) is 18.3. The maximum atomic E-state index is 13.2. The molecule has 1 N–H and O–H groups in total. The van der Waals surface area contributed by atoms with E-state index in [9.17, 15) is 18.0 Å². The number of para-hydroxylation sites is 1. The van der Waals surface area contributed by atoms with E-state index in [1.807, 2.05) is 35.7 Å². The first kappa shape index (κ1) is 26.0. The summed E-state index contributed by atoms with van der Waals surface area (Å²) in [6.45, 7) is 2.19. The highest BCUT2D eigenvalue weighted by Gasteiger charge is 2.27. The molecule has 0 saturated carbocycles. The van der Waals surface area contributed by atoms with Gasteiger partial charge in [0.15, 0.2) is 6.61 Å². The number of carbonyl (C=O) groups excluding carboxylic acids is 2. The molecule has 1 saturated heterocycles. The van der Waals surface area contributed by atoms with Crippen molar-refractivity contribution in [1.29, 1.82) is 0 Å². The normalized spacial score (nSPS) is 14.3. The van der Waals surface area contributed by atoms with Crippen LogP contribution in [0.5, 0.6) is 0 Å². The first-order valence-corrected chi connectivity index (χ1v) is 14.7. The van der Waals surface area contributed by atoms with Gasteiger partial charge in [-0.05, 0) is 61.0 Å². The highest BCUT2D eigenvalue weighted by molar-refractivity contribution is 7.89. The van der Waals surface area contributed by atoms with Crippen LogP contribution in [0.1, 0.15) is 35.2 Å². The number of hydrogen-bond donors (Lipinski definition) is 1. The van der Waals surface area contributed by atoms with Crippen LogP contribution in [0.15, 0.2) is 70.9 Å². The van der Waals surface area contributed by atoms with E-state index in [1.165, 1.54) is 21.7 Å². The fourth-order valence-electron chi connectivity index (χ4n) is 4.50. The molecular weight excluding hydrogens is 522 g/mol. The number of benzene rings is 2. The van der Waals surface area contributed by atoms with Gasteiger partial charge in [0.1, 0.15) is 0 Å². The number of thiophene rings is 1. The summed E-state index contributed by atoms with van der Waals surface area (Å²) in [5, 5.41) is 5.21. The maximum Gasteiger partial charge on any atom is 0.339 e. The molecule has 10 heteroatoms. The Kier molecular flexibility index (Phi) is 7.55. The van der Waals surface area contributed by atoms with Crippen LogP contribution >= 0.6 is 11.3 Å². The lowest BCUT2D eigenvalue weighted by molar-refractivity contribution is -0.119. The fourth-order valence-corrected chi connectivity index (χ4v) is 6.95. The van der Waals surface area contributed by atoms with Crippen molar-refractivity contribution in [3.05, 3.63) is 77.2 Å². The number of anilines is 1. The van der Waals surface area contributed by atoms with Gasteiger partial charge in [0.25, 0.3) is 5.91 Å². The molecule has 0 atom stereocenters. The Labute approximate surface area is 225 Å². The zero-order valence-electron chi connectivity index (χ0n) is 20.8. The number of hydrogen-bond acceptors (Lipinski definition) is 7. The second kappa shape index (κ2) is 11.0. The highest BCUT2D eigenvalue weighted by atomic mass is 32.2. The lowest BCUT2D eigenvalue weighted by Gasteiger charge is -2.26. The molecule has 8 nitrogen and oxygen atoms in total. The van der Waals surface area contributed by atoms with E-state index in [-0.39, 0.29) is 4.90 Å². The van der Waals surface area contributed by atoms with Gasteiger partial charge in [0.05, 0.1) is 26.5 Å². The van der Waals surface area contributed by atoms with Gasteiger partial charge in [0.2, 0.25) is 10.0 Å². The SMILES string of the molecule is Cc1ccc(NC(=O)COC(=O)c2cc(-c3cccs3)nc3ccccc23)cc1S(=O)(=O)N1CCCCC1. The van der Waals surface area contributed by atoms with Crippen LogP contribution in [0.3, 0.4) is 0 Å². The number of sulfonamides is 1. The number of ether oxygens (including phenoxy) is 1. The molecule has 0 aliphatic carbocycles. The second-order valence-corrected chi connectivity index (χ2v) is 12.0. The summed E-state index contributed by atoms with van der Waals surface area (Å²) in [5.41, 5.74) is 2.54. The average molecular weight is 550 g/mol. The molecule has 0 radical (unpaired) electrons. The summed E-state index contributed by atoms with van der Waals surface area (Å²) >= 11 is 1.51. The minimum absolute atomic E-state index is 0.165. The molecule has 1 aliphatic rings. The van der Waals surface area contributed by atoms with E-state index in [1.54, 1.807) is 31.2 Å². The van der Waals surface area contributed by atoms with Gasteiger partial charge in [-0.15, -0.1) is 11.3 Å². The zero-order valence-corrected chi connectivity index (χ0v) is 22.5. The standard InChI is InChI=1S/C28H27N3O5S2/c1-19-11-12-20(16-26(19)38(34,35)31-13-5-2-6-14-31)29-27(32)18-36-28(33)22-17-24(25-10-7-15-37-25)30-23-9-4-3-8-21(22)23/h3-4,7-12,15-17H,2,5-6,13-14,18H2,1H3,(H,29,32). The van der Waals surface area contributed by atoms with Gasteiger partial charge in [0, 0.05) is 24.2 Å². The van der Waals surface area contributed by atoms with Gasteiger partial charge >= 0.3 is 5.97 Å². The quantitative estimate of drug-likeness (QED) is 0.316. The van der Waals surface area contributed by atoms with Crippen molar-refractivity contribution in [3.63, 3.8) is 0 Å². The van der Waals surface area contributed by atoms with E-state index >= 15 is 0 Å². The third-order valence-corrected chi connectivity index (χ3v) is 9.38. The number of esters is 1. The van der Waals surface area contributed by atoms with Crippen LogP contribution in [0.4, 0.5) is 5.69 Å². The number of nitrogens with one attached hydrogen (secondary N) is 1. The number of fused-ring (bicyclic) bond motifs is 1. The van der Waals surface area contributed by atoms with Crippen LogP contribution in [0.25, 0.3) is 21.5 Å². The molecule has 2 aromatic carbocycles. The van der Waals surface area contributed by atoms with E-state index < -0.39 is 28.5 Å². The molecule has 38 heavy (non-hydrogen) atoms. The summed E-state index contributed by atoms with van der Waals surface area (Å²) in [6.07, 6.45) is 2.69. The average Bonchev–Trinajstić information content (AvgIpc) is 3.48. The molecule has 0 spiro atoms. The van der Waals surface area contributed by atoms with E-state index in [0.717, 1.165) is 24.1 Å². The number of amides is 1. The molecule has 3 heterocycles. The zero-order chi connectivity index (χ0) is 26.7. The lowest BCUT2D eigenvalue weighted by Crippen LogP contribution is -2.36. The van der Waals surface area contributed by atoms with Crippen molar-refractivity contribution in [1.82, 2.24) is 9.29 Å². The molecule has 4 aromatic rings. The van der Waals surface area contributed by atoms with Crippen LogP contribution in [0.2, 0.25) is 0 Å². The number of pyridine rings is 1. The molecule has 196 valence electrons. The Hall–Kier alpha value is -3.60. The van der Waals surface area contributed by atoms with Crippen molar-refractivity contribution in [2.24, 2.45) is 0 Å². The number of piperidine rings is 1. The van der Waals surface area contributed by atoms with Gasteiger partial charge in [-0.25, -0.2) is 18.2 Å². The van der Waals surface area contributed by atoms with E-state index in [0.29, 0.717) is 46.5 Å². The molecule has 0 unspecified atom stereocenters. The fraction of sp³-hybridized carbons (Fsp3) is 0.250. The number of aryl methyl sites for hydroxylation is 1. The third-order valence-electron chi connectivity index (χ3n) is 6.45. The Morgan fingerprint density at radius 3 is 2.58 bits per heavy atom. The van der Waals surface area contributed by atoms with Crippen LogP contribution < -0.4 is 5.32 Å². The predicted molar refractivity (Wildman–Crippen MR) is 148 cm³/mol.